The molecule has 18 heavy (non-hydrogen) atoms. The van der Waals surface area contributed by atoms with Gasteiger partial charge < -0.3 is 5.32 Å². The van der Waals surface area contributed by atoms with Gasteiger partial charge in [0.15, 0.2) is 0 Å². The minimum atomic E-state index is -0.155. The zero-order chi connectivity index (χ0) is 12.8. The van der Waals surface area contributed by atoms with E-state index in [9.17, 15) is 4.39 Å². The highest BCUT2D eigenvalue weighted by molar-refractivity contribution is 5.21. The lowest BCUT2D eigenvalue weighted by Crippen LogP contribution is -2.18. The zero-order valence-corrected chi connectivity index (χ0v) is 10.4. The summed E-state index contributed by atoms with van der Waals surface area (Å²) < 4.78 is 13.7. The summed E-state index contributed by atoms with van der Waals surface area (Å²) >= 11 is 0. The molecule has 1 aromatic carbocycles. The lowest BCUT2D eigenvalue weighted by Gasteiger charge is -2.17. The van der Waals surface area contributed by atoms with Gasteiger partial charge in [-0.05, 0) is 38.1 Å². The monoisotopic (exact) mass is 244 g/mol. The molecule has 0 bridgehead atoms. The second-order valence-electron chi connectivity index (χ2n) is 4.22. The number of hydrogen-bond acceptors (Lipinski definition) is 2. The molecule has 1 unspecified atom stereocenters. The summed E-state index contributed by atoms with van der Waals surface area (Å²) in [5.41, 5.74) is 1.75. The lowest BCUT2D eigenvalue weighted by molar-refractivity contribution is 0.506. The Morgan fingerprint density at radius 2 is 1.94 bits per heavy atom. The minimum absolute atomic E-state index is 0.0215. The quantitative estimate of drug-likeness (QED) is 0.874. The van der Waals surface area contributed by atoms with E-state index in [0.717, 1.165) is 24.1 Å². The van der Waals surface area contributed by atoms with E-state index in [0.29, 0.717) is 0 Å². The third-order valence-corrected chi connectivity index (χ3v) is 3.04. The number of nitrogens with one attached hydrogen (secondary N) is 1. The highest BCUT2D eigenvalue weighted by atomic mass is 19.1. The van der Waals surface area contributed by atoms with Crippen molar-refractivity contribution in [3.63, 3.8) is 0 Å². The van der Waals surface area contributed by atoms with Crippen molar-refractivity contribution in [2.45, 2.75) is 18.9 Å². The molecule has 1 N–H and O–H groups in total. The van der Waals surface area contributed by atoms with E-state index in [-0.39, 0.29) is 11.9 Å². The van der Waals surface area contributed by atoms with Crippen molar-refractivity contribution in [2.24, 2.45) is 0 Å². The van der Waals surface area contributed by atoms with E-state index in [1.807, 2.05) is 37.4 Å². The van der Waals surface area contributed by atoms with E-state index < -0.39 is 0 Å². The number of benzene rings is 1. The maximum absolute atomic E-state index is 13.7. The van der Waals surface area contributed by atoms with Gasteiger partial charge >= 0.3 is 0 Å². The minimum Gasteiger partial charge on any atom is -0.313 e. The fourth-order valence-corrected chi connectivity index (χ4v) is 2.05. The van der Waals surface area contributed by atoms with Gasteiger partial charge in [-0.25, -0.2) is 4.39 Å². The van der Waals surface area contributed by atoms with Crippen LogP contribution < -0.4 is 5.32 Å². The van der Waals surface area contributed by atoms with Crippen LogP contribution in [-0.2, 0) is 6.42 Å². The number of aromatic nitrogens is 1. The van der Waals surface area contributed by atoms with Crippen molar-refractivity contribution in [3.8, 4) is 0 Å². The first-order valence-electron chi connectivity index (χ1n) is 6.13. The second kappa shape index (κ2) is 6.26. The SMILES string of the molecule is CNC(CCc1ccccn1)c1ccccc1F. The Hall–Kier alpha value is -1.74. The molecule has 94 valence electrons. The number of pyridine rings is 1. The third-order valence-electron chi connectivity index (χ3n) is 3.04. The topological polar surface area (TPSA) is 24.9 Å². The van der Waals surface area contributed by atoms with Crippen molar-refractivity contribution in [2.75, 3.05) is 7.05 Å². The second-order valence-corrected chi connectivity index (χ2v) is 4.22. The van der Waals surface area contributed by atoms with Crippen LogP contribution in [0.4, 0.5) is 4.39 Å². The van der Waals surface area contributed by atoms with Crippen LogP contribution in [0.1, 0.15) is 23.7 Å². The summed E-state index contributed by atoms with van der Waals surface area (Å²) in [4.78, 5) is 4.28. The molecule has 0 radical (unpaired) electrons. The van der Waals surface area contributed by atoms with Crippen LogP contribution in [0.3, 0.4) is 0 Å². The van der Waals surface area contributed by atoms with Gasteiger partial charge in [0.1, 0.15) is 5.82 Å². The largest absolute Gasteiger partial charge is 0.313 e. The summed E-state index contributed by atoms with van der Waals surface area (Å²) in [6.45, 7) is 0. The van der Waals surface area contributed by atoms with Gasteiger partial charge in [-0.3, -0.25) is 4.98 Å². The Kier molecular flexibility index (Phi) is 4.42. The molecule has 0 saturated heterocycles. The van der Waals surface area contributed by atoms with Crippen molar-refractivity contribution in [1.82, 2.24) is 10.3 Å². The maximum Gasteiger partial charge on any atom is 0.127 e. The van der Waals surface area contributed by atoms with Crippen LogP contribution in [0.2, 0.25) is 0 Å². The first-order chi connectivity index (χ1) is 8.81. The van der Waals surface area contributed by atoms with Crippen LogP contribution >= 0.6 is 0 Å². The van der Waals surface area contributed by atoms with Gasteiger partial charge in [0.05, 0.1) is 0 Å². The Labute approximate surface area is 107 Å². The lowest BCUT2D eigenvalue weighted by atomic mass is 10.0. The number of hydrogen-bond donors (Lipinski definition) is 1. The molecule has 0 aliphatic carbocycles. The summed E-state index contributed by atoms with van der Waals surface area (Å²) in [5.74, 6) is -0.155. The highest BCUT2D eigenvalue weighted by Gasteiger charge is 2.13. The van der Waals surface area contributed by atoms with Crippen molar-refractivity contribution in [1.29, 1.82) is 0 Å². The van der Waals surface area contributed by atoms with Crippen molar-refractivity contribution in [3.05, 3.63) is 65.7 Å². The van der Waals surface area contributed by atoms with Gasteiger partial charge in [-0.15, -0.1) is 0 Å². The predicted molar refractivity (Wildman–Crippen MR) is 70.8 cm³/mol. The molecule has 2 aromatic rings. The zero-order valence-electron chi connectivity index (χ0n) is 10.4. The normalized spacial score (nSPS) is 12.3. The van der Waals surface area contributed by atoms with Crippen molar-refractivity contribution < 1.29 is 4.39 Å². The van der Waals surface area contributed by atoms with Gasteiger partial charge in [0.2, 0.25) is 0 Å². The molecule has 0 spiro atoms. The van der Waals surface area contributed by atoms with Gasteiger partial charge in [0.25, 0.3) is 0 Å². The molecule has 1 aromatic heterocycles. The molecule has 0 aliphatic heterocycles. The molecule has 0 amide bonds. The summed E-state index contributed by atoms with van der Waals surface area (Å²) in [7, 11) is 1.86. The molecule has 0 fully saturated rings. The van der Waals surface area contributed by atoms with Gasteiger partial charge in [0, 0.05) is 23.5 Å². The van der Waals surface area contributed by atoms with Gasteiger partial charge in [-0.2, -0.15) is 0 Å². The number of aryl methyl sites for hydroxylation is 1. The Morgan fingerprint density at radius 3 is 2.61 bits per heavy atom. The molecule has 0 saturated carbocycles. The molecule has 1 atom stereocenters. The average molecular weight is 244 g/mol. The maximum atomic E-state index is 13.7. The van der Waals surface area contributed by atoms with E-state index >= 15 is 0 Å². The Morgan fingerprint density at radius 1 is 1.17 bits per heavy atom. The number of halogens is 1. The fourth-order valence-electron chi connectivity index (χ4n) is 2.05. The standard InChI is InChI=1S/C15H17FN2/c1-17-15(13-7-2-3-8-14(13)16)10-9-12-6-4-5-11-18-12/h2-8,11,15,17H,9-10H2,1H3. The molecule has 0 aliphatic rings. The summed E-state index contributed by atoms with van der Waals surface area (Å²) in [6, 6.07) is 12.8. The first kappa shape index (κ1) is 12.7. The van der Waals surface area contributed by atoms with Crippen LogP contribution in [0.5, 0.6) is 0 Å². The molecular formula is C15H17FN2. The number of nitrogens with zero attached hydrogens (tertiary/aromatic N) is 1. The number of rotatable bonds is 5. The van der Waals surface area contributed by atoms with Gasteiger partial charge in [-0.1, -0.05) is 24.3 Å². The first-order valence-corrected chi connectivity index (χ1v) is 6.13. The molecule has 2 rings (SSSR count). The summed E-state index contributed by atoms with van der Waals surface area (Å²) in [5, 5.41) is 3.16. The fraction of sp³-hybridized carbons (Fsp3) is 0.267. The van der Waals surface area contributed by atoms with E-state index in [4.69, 9.17) is 0 Å². The predicted octanol–water partition coefficient (Wildman–Crippen LogP) is 3.11. The van der Waals surface area contributed by atoms with Crippen LogP contribution in [0, 0.1) is 5.82 Å². The van der Waals surface area contributed by atoms with E-state index in [1.165, 1.54) is 6.07 Å². The van der Waals surface area contributed by atoms with Crippen LogP contribution in [0.15, 0.2) is 48.7 Å². The van der Waals surface area contributed by atoms with Crippen molar-refractivity contribution >= 4 is 0 Å². The Bertz CT molecular complexity index is 485. The van der Waals surface area contributed by atoms with E-state index in [1.54, 1.807) is 12.3 Å². The molecular weight excluding hydrogens is 227 g/mol. The molecule has 3 heteroatoms. The third kappa shape index (κ3) is 3.14. The smallest absolute Gasteiger partial charge is 0.127 e. The van der Waals surface area contributed by atoms with E-state index in [2.05, 4.69) is 10.3 Å². The molecule has 2 nitrogen and oxygen atoms in total. The van der Waals surface area contributed by atoms with Crippen LogP contribution in [0.25, 0.3) is 0 Å². The highest BCUT2D eigenvalue weighted by Crippen LogP contribution is 2.21. The Balaban J connectivity index is 2.04. The average Bonchev–Trinajstić information content (AvgIpc) is 2.42. The van der Waals surface area contributed by atoms with Crippen LogP contribution in [-0.4, -0.2) is 12.0 Å². The molecule has 1 heterocycles. The summed E-state index contributed by atoms with van der Waals surface area (Å²) in [6.07, 6.45) is 3.45.